The molecule has 3 rings (SSSR count). The van der Waals surface area contributed by atoms with E-state index in [-0.39, 0.29) is 0 Å². The van der Waals surface area contributed by atoms with E-state index in [1.807, 2.05) is 13.0 Å². The summed E-state index contributed by atoms with van der Waals surface area (Å²) in [7, 11) is 0. The molecular formula is C17H21N3. The van der Waals surface area contributed by atoms with Crippen molar-refractivity contribution < 1.29 is 0 Å². The fraction of sp³-hybridized carbons (Fsp3) is 0.412. The summed E-state index contributed by atoms with van der Waals surface area (Å²) in [5, 5.41) is 3.57. The van der Waals surface area contributed by atoms with Gasteiger partial charge in [-0.1, -0.05) is 38.1 Å². The van der Waals surface area contributed by atoms with E-state index in [4.69, 9.17) is 0 Å². The Bertz CT molecular complexity index is 594. The van der Waals surface area contributed by atoms with Crippen molar-refractivity contribution in [1.82, 2.24) is 9.97 Å². The summed E-state index contributed by atoms with van der Waals surface area (Å²) >= 11 is 0. The highest BCUT2D eigenvalue weighted by Crippen LogP contribution is 2.24. The Hall–Kier alpha value is -1.90. The lowest BCUT2D eigenvalue weighted by Gasteiger charge is -2.15. The van der Waals surface area contributed by atoms with Crippen molar-refractivity contribution in [3.05, 3.63) is 53.0 Å². The van der Waals surface area contributed by atoms with Gasteiger partial charge in [0.05, 0.1) is 0 Å². The maximum Gasteiger partial charge on any atom is 0.133 e. The molecule has 104 valence electrons. The molecule has 0 saturated heterocycles. The number of rotatable bonds is 3. The molecule has 1 aromatic carbocycles. The van der Waals surface area contributed by atoms with Crippen molar-refractivity contribution in [2.45, 2.75) is 45.6 Å². The standard InChI is InChI=1S/C17H21N3/c1-11(2)17-18-12(3)8-16(20-17)19-15-9-13-6-4-5-7-14(13)10-15/h4-8,11,15H,9-10H2,1-3H3,(H,18,19,20). The molecule has 1 heterocycles. The number of hydrogen-bond acceptors (Lipinski definition) is 3. The Morgan fingerprint density at radius 1 is 1.10 bits per heavy atom. The first-order chi connectivity index (χ1) is 9.61. The molecule has 0 radical (unpaired) electrons. The van der Waals surface area contributed by atoms with Crippen molar-refractivity contribution >= 4 is 5.82 Å². The molecule has 0 saturated carbocycles. The molecule has 1 aliphatic rings. The highest BCUT2D eigenvalue weighted by molar-refractivity contribution is 5.42. The predicted octanol–water partition coefficient (Wildman–Crippen LogP) is 3.49. The number of nitrogens with zero attached hydrogens (tertiary/aromatic N) is 2. The van der Waals surface area contributed by atoms with Gasteiger partial charge in [-0.2, -0.15) is 0 Å². The van der Waals surface area contributed by atoms with Crippen LogP contribution < -0.4 is 5.32 Å². The van der Waals surface area contributed by atoms with Gasteiger partial charge in [0.15, 0.2) is 0 Å². The minimum Gasteiger partial charge on any atom is -0.367 e. The predicted molar refractivity (Wildman–Crippen MR) is 82.1 cm³/mol. The summed E-state index contributed by atoms with van der Waals surface area (Å²) in [5.41, 5.74) is 3.95. The first-order valence-electron chi connectivity index (χ1n) is 7.30. The smallest absolute Gasteiger partial charge is 0.133 e. The van der Waals surface area contributed by atoms with Gasteiger partial charge in [-0.3, -0.25) is 0 Å². The molecule has 0 atom stereocenters. The molecule has 0 aliphatic heterocycles. The quantitative estimate of drug-likeness (QED) is 0.925. The minimum atomic E-state index is 0.358. The maximum absolute atomic E-state index is 4.64. The molecule has 1 N–H and O–H groups in total. The number of anilines is 1. The third-order valence-corrected chi connectivity index (χ3v) is 3.79. The lowest BCUT2D eigenvalue weighted by molar-refractivity contribution is 0.741. The molecule has 20 heavy (non-hydrogen) atoms. The molecule has 1 aromatic heterocycles. The van der Waals surface area contributed by atoms with Crippen LogP contribution in [-0.2, 0) is 12.8 Å². The van der Waals surface area contributed by atoms with E-state index >= 15 is 0 Å². The summed E-state index contributed by atoms with van der Waals surface area (Å²) < 4.78 is 0. The van der Waals surface area contributed by atoms with Crippen LogP contribution in [0.4, 0.5) is 5.82 Å². The van der Waals surface area contributed by atoms with Crippen LogP contribution in [0.1, 0.15) is 42.4 Å². The molecule has 0 amide bonds. The third-order valence-electron chi connectivity index (χ3n) is 3.79. The lowest BCUT2D eigenvalue weighted by atomic mass is 10.1. The average molecular weight is 267 g/mol. The largest absolute Gasteiger partial charge is 0.367 e. The van der Waals surface area contributed by atoms with E-state index < -0.39 is 0 Å². The fourth-order valence-electron chi connectivity index (χ4n) is 2.79. The highest BCUT2D eigenvalue weighted by Gasteiger charge is 2.21. The molecule has 0 fully saturated rings. The Labute approximate surface area is 120 Å². The van der Waals surface area contributed by atoms with Crippen molar-refractivity contribution in [1.29, 1.82) is 0 Å². The van der Waals surface area contributed by atoms with Gasteiger partial charge >= 0.3 is 0 Å². The van der Waals surface area contributed by atoms with Crippen LogP contribution in [-0.4, -0.2) is 16.0 Å². The first kappa shape index (κ1) is 13.1. The number of hydrogen-bond donors (Lipinski definition) is 1. The van der Waals surface area contributed by atoms with E-state index in [0.29, 0.717) is 12.0 Å². The van der Waals surface area contributed by atoms with Crippen LogP contribution in [0.3, 0.4) is 0 Å². The average Bonchev–Trinajstić information content (AvgIpc) is 2.79. The van der Waals surface area contributed by atoms with Gasteiger partial charge in [-0.25, -0.2) is 9.97 Å². The van der Waals surface area contributed by atoms with Gasteiger partial charge in [-0.15, -0.1) is 0 Å². The van der Waals surface area contributed by atoms with Crippen molar-refractivity contribution in [2.24, 2.45) is 0 Å². The van der Waals surface area contributed by atoms with Crippen molar-refractivity contribution in [3.8, 4) is 0 Å². The Kier molecular flexibility index (Phi) is 3.43. The van der Waals surface area contributed by atoms with E-state index in [1.54, 1.807) is 0 Å². The van der Waals surface area contributed by atoms with Gasteiger partial charge in [0, 0.05) is 23.7 Å². The fourth-order valence-corrected chi connectivity index (χ4v) is 2.79. The summed E-state index contributed by atoms with van der Waals surface area (Å²) in [6.07, 6.45) is 2.16. The molecule has 3 heteroatoms. The normalized spacial score (nSPS) is 14.6. The second kappa shape index (κ2) is 5.23. The van der Waals surface area contributed by atoms with Gasteiger partial charge in [0.1, 0.15) is 11.6 Å². The van der Waals surface area contributed by atoms with Gasteiger partial charge in [-0.05, 0) is 30.9 Å². The zero-order valence-corrected chi connectivity index (χ0v) is 12.4. The third kappa shape index (κ3) is 2.67. The summed E-state index contributed by atoms with van der Waals surface area (Å²) in [4.78, 5) is 9.13. The van der Waals surface area contributed by atoms with Crippen molar-refractivity contribution in [2.75, 3.05) is 5.32 Å². The molecule has 0 unspecified atom stereocenters. The number of aryl methyl sites for hydroxylation is 1. The van der Waals surface area contributed by atoms with Gasteiger partial charge in [0.25, 0.3) is 0 Å². The number of nitrogens with one attached hydrogen (secondary N) is 1. The zero-order valence-electron chi connectivity index (χ0n) is 12.4. The Morgan fingerprint density at radius 2 is 1.75 bits per heavy atom. The maximum atomic E-state index is 4.64. The lowest BCUT2D eigenvalue weighted by Crippen LogP contribution is -2.21. The van der Waals surface area contributed by atoms with Crippen LogP contribution in [0.25, 0.3) is 0 Å². The summed E-state index contributed by atoms with van der Waals surface area (Å²) in [6.45, 7) is 6.29. The van der Waals surface area contributed by atoms with Crippen molar-refractivity contribution in [3.63, 3.8) is 0 Å². The van der Waals surface area contributed by atoms with Crippen LogP contribution in [0.15, 0.2) is 30.3 Å². The Balaban J connectivity index is 1.77. The van der Waals surface area contributed by atoms with E-state index in [0.717, 1.165) is 30.2 Å². The summed E-state index contributed by atoms with van der Waals surface area (Å²) in [6, 6.07) is 11.2. The molecule has 1 aliphatic carbocycles. The molecule has 0 spiro atoms. The highest BCUT2D eigenvalue weighted by atomic mass is 15.1. The molecular weight excluding hydrogens is 246 g/mol. The zero-order chi connectivity index (χ0) is 14.1. The second-order valence-corrected chi connectivity index (χ2v) is 5.93. The Morgan fingerprint density at radius 3 is 2.35 bits per heavy atom. The number of fused-ring (bicyclic) bond motifs is 1. The topological polar surface area (TPSA) is 37.8 Å². The van der Waals surface area contributed by atoms with Crippen LogP contribution >= 0.6 is 0 Å². The van der Waals surface area contributed by atoms with Crippen LogP contribution in [0, 0.1) is 6.92 Å². The van der Waals surface area contributed by atoms with Crippen LogP contribution in [0.2, 0.25) is 0 Å². The van der Waals surface area contributed by atoms with E-state index in [9.17, 15) is 0 Å². The number of aromatic nitrogens is 2. The summed E-state index contributed by atoms with van der Waals surface area (Å²) in [5.74, 6) is 2.23. The monoisotopic (exact) mass is 267 g/mol. The molecule has 3 nitrogen and oxygen atoms in total. The van der Waals surface area contributed by atoms with Gasteiger partial charge < -0.3 is 5.32 Å². The van der Waals surface area contributed by atoms with Gasteiger partial charge in [0.2, 0.25) is 0 Å². The number of benzene rings is 1. The SMILES string of the molecule is Cc1cc(NC2Cc3ccccc3C2)nc(C(C)C)n1. The van der Waals surface area contributed by atoms with Crippen LogP contribution in [0.5, 0.6) is 0 Å². The molecule has 0 bridgehead atoms. The minimum absolute atomic E-state index is 0.358. The first-order valence-corrected chi connectivity index (χ1v) is 7.30. The second-order valence-electron chi connectivity index (χ2n) is 5.93. The van der Waals surface area contributed by atoms with E-state index in [1.165, 1.54) is 11.1 Å². The van der Waals surface area contributed by atoms with E-state index in [2.05, 4.69) is 53.4 Å². The molecule has 2 aromatic rings.